The van der Waals surface area contributed by atoms with Crippen LogP contribution in [-0.4, -0.2) is 24.3 Å². The highest BCUT2D eigenvalue weighted by atomic mass is 35.5. The monoisotopic (exact) mass is 426 g/mol. The number of methoxy groups -OCH3 is 1. The van der Waals surface area contributed by atoms with Crippen LogP contribution >= 0.6 is 23.4 Å². The summed E-state index contributed by atoms with van der Waals surface area (Å²) in [5, 5.41) is 14.6. The fourth-order valence-electron chi connectivity index (χ4n) is 2.48. The largest absolute Gasteiger partial charge is 0.504 e. The van der Waals surface area contributed by atoms with Gasteiger partial charge in [-0.25, -0.2) is 5.43 Å². The maximum absolute atomic E-state index is 12.2. The Hall–Kier alpha value is -2.96. The molecule has 7 heteroatoms. The topological polar surface area (TPSA) is 70.9 Å². The van der Waals surface area contributed by atoms with Crippen LogP contribution in [0, 0.1) is 0 Å². The Morgan fingerprint density at radius 2 is 1.86 bits per heavy atom. The normalized spacial score (nSPS) is 10.8. The lowest BCUT2D eigenvalue weighted by Crippen LogP contribution is -2.17. The lowest BCUT2D eigenvalue weighted by Gasteiger charge is -2.05. The van der Waals surface area contributed by atoms with E-state index in [2.05, 4.69) is 10.5 Å². The van der Waals surface area contributed by atoms with Crippen LogP contribution in [0.25, 0.3) is 0 Å². The first-order valence-corrected chi connectivity index (χ1v) is 10.1. The van der Waals surface area contributed by atoms with Crippen LogP contribution in [0.1, 0.15) is 21.5 Å². The molecular formula is C22H19ClN2O3S. The van der Waals surface area contributed by atoms with E-state index in [-0.39, 0.29) is 11.7 Å². The third kappa shape index (κ3) is 5.76. The number of hydrazone groups is 1. The SMILES string of the molecule is COc1cccc(/C=N\NC(=O)c2ccc(CSc3ccc(Cl)cc3)cc2)c1O. The van der Waals surface area contributed by atoms with Crippen LogP contribution in [0.5, 0.6) is 11.5 Å². The lowest BCUT2D eigenvalue weighted by atomic mass is 10.1. The predicted molar refractivity (Wildman–Crippen MR) is 117 cm³/mol. The van der Waals surface area contributed by atoms with Crippen molar-refractivity contribution in [3.05, 3.63) is 88.4 Å². The summed E-state index contributed by atoms with van der Waals surface area (Å²) < 4.78 is 5.04. The second-order valence-corrected chi connectivity index (χ2v) is 7.52. The summed E-state index contributed by atoms with van der Waals surface area (Å²) in [6, 6.07) is 20.1. The minimum absolute atomic E-state index is 0.0319. The molecule has 148 valence electrons. The van der Waals surface area contributed by atoms with Gasteiger partial charge in [0.2, 0.25) is 0 Å². The molecule has 0 aromatic heterocycles. The zero-order valence-corrected chi connectivity index (χ0v) is 17.2. The highest BCUT2D eigenvalue weighted by Crippen LogP contribution is 2.28. The molecule has 0 unspecified atom stereocenters. The Bertz CT molecular complexity index is 1010. The summed E-state index contributed by atoms with van der Waals surface area (Å²) >= 11 is 7.59. The second kappa shape index (κ2) is 10.0. The van der Waals surface area contributed by atoms with E-state index in [9.17, 15) is 9.90 Å². The van der Waals surface area contributed by atoms with Gasteiger partial charge in [-0.2, -0.15) is 5.10 Å². The fourth-order valence-corrected chi connectivity index (χ4v) is 3.46. The Morgan fingerprint density at radius 1 is 1.14 bits per heavy atom. The van der Waals surface area contributed by atoms with Gasteiger partial charge in [-0.05, 0) is 54.1 Å². The zero-order chi connectivity index (χ0) is 20.6. The highest BCUT2D eigenvalue weighted by Gasteiger charge is 2.07. The first kappa shape index (κ1) is 20.8. The van der Waals surface area contributed by atoms with Gasteiger partial charge < -0.3 is 9.84 Å². The van der Waals surface area contributed by atoms with Crippen molar-refractivity contribution >= 4 is 35.5 Å². The summed E-state index contributed by atoms with van der Waals surface area (Å²) in [6.45, 7) is 0. The van der Waals surface area contributed by atoms with Gasteiger partial charge in [0.05, 0.1) is 13.3 Å². The number of carbonyl (C=O) groups is 1. The first-order chi connectivity index (χ1) is 14.1. The molecule has 0 aliphatic heterocycles. The molecule has 0 saturated carbocycles. The van der Waals surface area contributed by atoms with E-state index in [1.165, 1.54) is 13.3 Å². The molecule has 0 aliphatic rings. The number of ether oxygens (including phenoxy) is 1. The number of nitrogens with one attached hydrogen (secondary N) is 1. The third-order valence-electron chi connectivity index (χ3n) is 4.06. The van der Waals surface area contributed by atoms with Gasteiger partial charge in [-0.15, -0.1) is 11.8 Å². The Balaban J connectivity index is 1.55. The van der Waals surface area contributed by atoms with E-state index in [1.807, 2.05) is 36.4 Å². The number of amides is 1. The van der Waals surface area contributed by atoms with Crippen molar-refractivity contribution in [3.8, 4) is 11.5 Å². The Labute approximate surface area is 178 Å². The average molecular weight is 427 g/mol. The lowest BCUT2D eigenvalue weighted by molar-refractivity contribution is 0.0955. The van der Waals surface area contributed by atoms with Crippen LogP contribution in [-0.2, 0) is 5.75 Å². The number of benzene rings is 3. The summed E-state index contributed by atoms with van der Waals surface area (Å²) in [5.74, 6) is 0.764. The molecule has 1 amide bonds. The van der Waals surface area contributed by atoms with E-state index in [1.54, 1.807) is 42.1 Å². The molecule has 0 heterocycles. The molecule has 0 spiro atoms. The molecule has 0 atom stereocenters. The summed E-state index contributed by atoms with van der Waals surface area (Å²) in [6.07, 6.45) is 1.37. The summed E-state index contributed by atoms with van der Waals surface area (Å²) in [7, 11) is 1.47. The maximum Gasteiger partial charge on any atom is 0.271 e. The number of carbonyl (C=O) groups excluding carboxylic acids is 1. The number of nitrogens with zero attached hydrogens (tertiary/aromatic N) is 1. The number of aromatic hydroxyl groups is 1. The minimum Gasteiger partial charge on any atom is -0.504 e. The van der Waals surface area contributed by atoms with Crippen LogP contribution < -0.4 is 10.2 Å². The molecule has 0 saturated heterocycles. The first-order valence-electron chi connectivity index (χ1n) is 8.73. The highest BCUT2D eigenvalue weighted by molar-refractivity contribution is 7.98. The van der Waals surface area contributed by atoms with E-state index >= 15 is 0 Å². The molecule has 0 radical (unpaired) electrons. The van der Waals surface area contributed by atoms with Crippen molar-refractivity contribution in [1.29, 1.82) is 0 Å². The molecule has 0 aliphatic carbocycles. The van der Waals surface area contributed by atoms with Crippen LogP contribution in [0.3, 0.4) is 0 Å². The standard InChI is InChI=1S/C22H19ClN2O3S/c1-28-20-4-2-3-17(21(20)26)13-24-25-22(27)16-7-5-15(6-8-16)14-29-19-11-9-18(23)10-12-19/h2-13,26H,14H2,1H3,(H,25,27)/b24-13-. The smallest absolute Gasteiger partial charge is 0.271 e. The van der Waals surface area contributed by atoms with Crippen molar-refractivity contribution in [2.24, 2.45) is 5.10 Å². The molecule has 5 nitrogen and oxygen atoms in total. The van der Waals surface area contributed by atoms with Crippen molar-refractivity contribution in [2.75, 3.05) is 7.11 Å². The van der Waals surface area contributed by atoms with Crippen molar-refractivity contribution < 1.29 is 14.6 Å². The predicted octanol–water partition coefficient (Wildman–Crippen LogP) is 5.11. The quantitative estimate of drug-likeness (QED) is 0.313. The van der Waals surface area contributed by atoms with E-state index < -0.39 is 0 Å². The van der Waals surface area contributed by atoms with Gasteiger partial charge in [-0.1, -0.05) is 29.8 Å². The minimum atomic E-state index is -0.333. The number of thioether (sulfide) groups is 1. The maximum atomic E-state index is 12.2. The van der Waals surface area contributed by atoms with Crippen molar-refractivity contribution in [1.82, 2.24) is 5.43 Å². The van der Waals surface area contributed by atoms with E-state index in [4.69, 9.17) is 16.3 Å². The molecule has 0 fully saturated rings. The number of phenolic OH excluding ortho intramolecular Hbond substituents is 1. The van der Waals surface area contributed by atoms with Crippen LogP contribution in [0.4, 0.5) is 0 Å². The zero-order valence-electron chi connectivity index (χ0n) is 15.6. The van der Waals surface area contributed by atoms with Crippen LogP contribution in [0.15, 0.2) is 76.7 Å². The Morgan fingerprint density at radius 3 is 2.55 bits per heavy atom. The van der Waals surface area contributed by atoms with Crippen molar-refractivity contribution in [2.45, 2.75) is 10.6 Å². The number of hydrogen-bond donors (Lipinski definition) is 2. The molecule has 0 bridgehead atoms. The van der Waals surface area contributed by atoms with Gasteiger partial charge >= 0.3 is 0 Å². The van der Waals surface area contributed by atoms with E-state index in [0.717, 1.165) is 16.2 Å². The number of rotatable bonds is 7. The molecule has 3 aromatic rings. The molecule has 3 aromatic carbocycles. The molecule has 2 N–H and O–H groups in total. The van der Waals surface area contributed by atoms with E-state index in [0.29, 0.717) is 21.9 Å². The van der Waals surface area contributed by atoms with Gasteiger partial charge in [0.15, 0.2) is 11.5 Å². The number of halogens is 1. The number of para-hydroxylation sites is 1. The van der Waals surface area contributed by atoms with Crippen molar-refractivity contribution in [3.63, 3.8) is 0 Å². The molecule has 3 rings (SSSR count). The van der Waals surface area contributed by atoms with Gasteiger partial charge in [0, 0.05) is 26.8 Å². The average Bonchev–Trinajstić information content (AvgIpc) is 2.75. The number of hydrogen-bond acceptors (Lipinski definition) is 5. The number of phenols is 1. The Kier molecular flexibility index (Phi) is 7.16. The summed E-state index contributed by atoms with van der Waals surface area (Å²) in [5.41, 5.74) is 4.50. The second-order valence-electron chi connectivity index (χ2n) is 6.04. The molecule has 29 heavy (non-hydrogen) atoms. The van der Waals surface area contributed by atoms with Gasteiger partial charge in [-0.3, -0.25) is 4.79 Å². The van der Waals surface area contributed by atoms with Gasteiger partial charge in [0.1, 0.15) is 0 Å². The molecular weight excluding hydrogens is 408 g/mol. The third-order valence-corrected chi connectivity index (χ3v) is 5.39. The summed E-state index contributed by atoms with van der Waals surface area (Å²) in [4.78, 5) is 13.4. The van der Waals surface area contributed by atoms with Gasteiger partial charge in [0.25, 0.3) is 5.91 Å². The van der Waals surface area contributed by atoms with Crippen LogP contribution in [0.2, 0.25) is 5.02 Å². The fraction of sp³-hybridized carbons (Fsp3) is 0.0909.